The van der Waals surface area contributed by atoms with E-state index in [9.17, 15) is 36.2 Å². The summed E-state index contributed by atoms with van der Waals surface area (Å²) in [6, 6.07) is 24.4. The molecule has 0 aromatic heterocycles. The SMILES string of the molecule is Nc1ccc2c(O)c(N=Nc3ccc(-c4ccc(N=Nc5c(N)ccc6cc(S(=O)(=O)O)cc(O)c56)cc4)cc3)c(S(=O)(=O)O)cc2c1.[Na].[Na]. The Bertz CT molecular complexity index is 2550. The Labute approximate surface area is 329 Å². The van der Waals surface area contributed by atoms with Crippen molar-refractivity contribution >= 4 is 135 Å². The van der Waals surface area contributed by atoms with Gasteiger partial charge in [-0.1, -0.05) is 30.3 Å². The van der Waals surface area contributed by atoms with Crippen LogP contribution >= 0.6 is 0 Å². The van der Waals surface area contributed by atoms with Crippen LogP contribution in [0.1, 0.15) is 0 Å². The van der Waals surface area contributed by atoms with E-state index in [1.54, 1.807) is 48.5 Å². The van der Waals surface area contributed by atoms with Crippen LogP contribution in [-0.4, -0.2) is 95.3 Å². The third-order valence-electron chi connectivity index (χ3n) is 7.32. The second-order valence-electron chi connectivity index (χ2n) is 10.5. The number of nitrogen functional groups attached to an aromatic ring is 2. The van der Waals surface area contributed by atoms with Gasteiger partial charge in [0.2, 0.25) is 0 Å². The van der Waals surface area contributed by atoms with Gasteiger partial charge >= 0.3 is 0 Å². The number of hydrogen-bond donors (Lipinski definition) is 6. The Morgan fingerprint density at radius 2 is 1.12 bits per heavy atom. The molecule has 6 aromatic rings. The zero-order valence-corrected chi connectivity index (χ0v) is 32.1. The molecule has 0 heterocycles. The fourth-order valence-corrected chi connectivity index (χ4v) is 6.19. The van der Waals surface area contributed by atoms with Crippen molar-refractivity contribution in [2.24, 2.45) is 20.5 Å². The maximum Gasteiger partial charge on any atom is 0.296 e. The molecule has 14 nitrogen and oxygen atoms in total. The van der Waals surface area contributed by atoms with Crippen molar-refractivity contribution < 1.29 is 36.2 Å². The van der Waals surface area contributed by atoms with Gasteiger partial charge in [0.05, 0.1) is 27.3 Å². The summed E-state index contributed by atoms with van der Waals surface area (Å²) in [6.45, 7) is 0. The first-order chi connectivity index (χ1) is 22.7. The number of benzene rings is 6. The summed E-state index contributed by atoms with van der Waals surface area (Å²) in [5.74, 6) is -0.929. The zero-order chi connectivity index (χ0) is 34.4. The molecule has 244 valence electrons. The molecular formula is C32H24N6Na2O8S2. The molecule has 2 radical (unpaired) electrons. The van der Waals surface area contributed by atoms with Crippen LogP contribution in [0.15, 0.2) is 127 Å². The number of aromatic hydroxyl groups is 2. The monoisotopic (exact) mass is 730 g/mol. The predicted molar refractivity (Wildman–Crippen MR) is 191 cm³/mol. The molecule has 0 atom stereocenters. The zero-order valence-electron chi connectivity index (χ0n) is 26.4. The minimum absolute atomic E-state index is 0. The van der Waals surface area contributed by atoms with Crippen LogP contribution in [-0.2, 0) is 20.2 Å². The third-order valence-corrected chi connectivity index (χ3v) is 9.02. The number of fused-ring (bicyclic) bond motifs is 2. The summed E-state index contributed by atoms with van der Waals surface area (Å²) in [5, 5.41) is 38.7. The molecule has 8 N–H and O–H groups in total. The second kappa shape index (κ2) is 15.1. The van der Waals surface area contributed by atoms with Crippen LogP contribution < -0.4 is 11.5 Å². The first-order valence-corrected chi connectivity index (χ1v) is 16.7. The van der Waals surface area contributed by atoms with Crippen LogP contribution in [0.3, 0.4) is 0 Å². The van der Waals surface area contributed by atoms with E-state index in [4.69, 9.17) is 11.5 Å². The molecule has 0 amide bonds. The fraction of sp³-hybridized carbons (Fsp3) is 0. The standard InChI is InChI=1S/C32H24N6O8S2.2Na/c33-21-6-11-25-20(13-21)15-28(48(44,45)46)31(32(25)40)38-36-23-9-3-18(4-10-23)17-1-7-22(8-2-17)35-37-30-26(34)12-5-19-14-24(47(41,42)43)16-27(39)29(19)30;;/h1-16,39-40H,33-34H2,(H,41,42,43)(H,44,45,46);;. The molecular weight excluding hydrogens is 707 g/mol. The first kappa shape index (κ1) is 38.9. The smallest absolute Gasteiger partial charge is 0.296 e. The minimum Gasteiger partial charge on any atom is -0.507 e. The molecule has 18 heteroatoms. The van der Waals surface area contributed by atoms with Gasteiger partial charge in [-0.2, -0.15) is 27.1 Å². The summed E-state index contributed by atoms with van der Waals surface area (Å²) in [4.78, 5) is -1.10. The van der Waals surface area contributed by atoms with Crippen molar-refractivity contribution in [3.63, 3.8) is 0 Å². The van der Waals surface area contributed by atoms with Gasteiger partial charge in [0.25, 0.3) is 20.2 Å². The largest absolute Gasteiger partial charge is 0.507 e. The van der Waals surface area contributed by atoms with Crippen LogP contribution in [0, 0.1) is 0 Å². The van der Waals surface area contributed by atoms with Crippen molar-refractivity contribution in [3.05, 3.63) is 97.1 Å². The normalized spacial score (nSPS) is 12.0. The summed E-state index contributed by atoms with van der Waals surface area (Å²) in [7, 11) is -9.32. The van der Waals surface area contributed by atoms with Crippen molar-refractivity contribution in [1.29, 1.82) is 0 Å². The average molecular weight is 731 g/mol. The van der Waals surface area contributed by atoms with Gasteiger partial charge in [0.15, 0.2) is 5.75 Å². The van der Waals surface area contributed by atoms with Gasteiger partial charge < -0.3 is 21.7 Å². The maximum atomic E-state index is 12.1. The van der Waals surface area contributed by atoms with E-state index in [1.165, 1.54) is 36.4 Å². The molecule has 0 saturated carbocycles. The first-order valence-electron chi connectivity index (χ1n) is 13.8. The molecule has 0 fully saturated rings. The summed E-state index contributed by atoms with van der Waals surface area (Å²) < 4.78 is 66.4. The molecule has 0 spiro atoms. The quantitative estimate of drug-likeness (QED) is 0.0434. The number of phenols is 2. The third kappa shape index (κ3) is 8.16. The molecule has 0 saturated heterocycles. The number of nitrogens with two attached hydrogens (primary N) is 2. The Kier molecular flexibility index (Phi) is 11.8. The molecule has 0 bridgehead atoms. The van der Waals surface area contributed by atoms with Gasteiger partial charge in [-0.25, -0.2) is 0 Å². The number of anilines is 2. The van der Waals surface area contributed by atoms with Gasteiger partial charge in [-0.15, -0.1) is 10.2 Å². The topological polar surface area (TPSA) is 251 Å². The Balaban J connectivity index is 0.00000281. The second-order valence-corrected chi connectivity index (χ2v) is 13.4. The van der Waals surface area contributed by atoms with Crippen LogP contribution in [0.5, 0.6) is 11.5 Å². The number of azo groups is 2. The van der Waals surface area contributed by atoms with Crippen LogP contribution in [0.4, 0.5) is 34.1 Å². The van der Waals surface area contributed by atoms with Crippen molar-refractivity contribution in [3.8, 4) is 22.6 Å². The van der Waals surface area contributed by atoms with E-state index in [-0.39, 0.29) is 86.6 Å². The molecule has 0 aliphatic carbocycles. The predicted octanol–water partition coefficient (Wildman–Crippen LogP) is 6.80. The molecule has 6 rings (SSSR count). The van der Waals surface area contributed by atoms with E-state index in [0.29, 0.717) is 22.4 Å². The van der Waals surface area contributed by atoms with Gasteiger partial charge in [0, 0.05) is 76.3 Å². The van der Waals surface area contributed by atoms with E-state index >= 15 is 0 Å². The van der Waals surface area contributed by atoms with Crippen molar-refractivity contribution in [2.45, 2.75) is 9.79 Å². The van der Waals surface area contributed by atoms with Crippen molar-refractivity contribution in [2.75, 3.05) is 11.5 Å². The Hall–Kier alpha value is -3.94. The number of rotatable bonds is 7. The molecule has 0 aliphatic heterocycles. The number of nitrogens with zero attached hydrogens (tertiary/aromatic N) is 4. The summed E-state index contributed by atoms with van der Waals surface area (Å²) >= 11 is 0. The molecule has 0 aliphatic rings. The number of hydrogen-bond acceptors (Lipinski definition) is 12. The molecule has 6 aromatic carbocycles. The van der Waals surface area contributed by atoms with E-state index < -0.39 is 47.2 Å². The maximum absolute atomic E-state index is 12.1. The van der Waals surface area contributed by atoms with E-state index in [0.717, 1.165) is 23.3 Å². The molecule has 0 unspecified atom stereocenters. The van der Waals surface area contributed by atoms with Gasteiger partial charge in [-0.05, 0) is 82.6 Å². The molecule has 50 heavy (non-hydrogen) atoms. The Morgan fingerprint density at radius 3 is 1.66 bits per heavy atom. The van der Waals surface area contributed by atoms with E-state index in [2.05, 4.69) is 20.5 Å². The minimum atomic E-state index is -4.77. The van der Waals surface area contributed by atoms with Gasteiger partial charge in [0.1, 0.15) is 22.0 Å². The van der Waals surface area contributed by atoms with Crippen LogP contribution in [0.25, 0.3) is 32.7 Å². The van der Waals surface area contributed by atoms with Crippen molar-refractivity contribution in [1.82, 2.24) is 0 Å². The number of phenolic OH excluding ortho intramolecular Hbond substituents is 2. The average Bonchev–Trinajstić information content (AvgIpc) is 3.03. The Morgan fingerprint density at radius 1 is 0.560 bits per heavy atom. The summed E-state index contributed by atoms with van der Waals surface area (Å²) in [6.07, 6.45) is 0. The van der Waals surface area contributed by atoms with Crippen LogP contribution in [0.2, 0.25) is 0 Å². The van der Waals surface area contributed by atoms with Gasteiger partial charge in [-0.3, -0.25) is 9.11 Å². The fourth-order valence-electron chi connectivity index (χ4n) is 4.99. The summed E-state index contributed by atoms with van der Waals surface area (Å²) in [5.41, 5.74) is 14.4. The van der Waals surface area contributed by atoms with E-state index in [1.807, 2.05) is 0 Å².